The molecule has 1 unspecified atom stereocenters. The fourth-order valence-electron chi connectivity index (χ4n) is 2.95. The highest BCUT2D eigenvalue weighted by atomic mass is 14.9. The van der Waals surface area contributed by atoms with Gasteiger partial charge in [0.05, 0.1) is 0 Å². The van der Waals surface area contributed by atoms with Crippen molar-refractivity contribution in [3.63, 3.8) is 0 Å². The molecule has 1 nitrogen and oxygen atoms in total. The Kier molecular flexibility index (Phi) is 5.23. The molecule has 0 spiro atoms. The van der Waals surface area contributed by atoms with E-state index in [-0.39, 0.29) is 0 Å². The Hall–Kier alpha value is -2.38. The predicted molar refractivity (Wildman–Crippen MR) is 97.6 cm³/mol. The van der Waals surface area contributed by atoms with Crippen molar-refractivity contribution in [2.45, 2.75) is 18.9 Å². The van der Waals surface area contributed by atoms with Gasteiger partial charge in [-0.15, -0.1) is 0 Å². The molecule has 0 radical (unpaired) electrons. The van der Waals surface area contributed by atoms with Crippen molar-refractivity contribution in [1.82, 2.24) is 5.32 Å². The van der Waals surface area contributed by atoms with Gasteiger partial charge in [-0.25, -0.2) is 0 Å². The van der Waals surface area contributed by atoms with E-state index in [1.54, 1.807) is 0 Å². The third kappa shape index (κ3) is 4.08. The number of benzene rings is 3. The van der Waals surface area contributed by atoms with E-state index in [4.69, 9.17) is 0 Å². The Bertz CT molecular complexity index is 652. The number of nitrogens with one attached hydrogen (secondary N) is 1. The summed E-state index contributed by atoms with van der Waals surface area (Å²) in [6.07, 6.45) is 0. The van der Waals surface area contributed by atoms with Gasteiger partial charge in [0.1, 0.15) is 0 Å². The zero-order chi connectivity index (χ0) is 15.9. The second-order valence-corrected chi connectivity index (χ2v) is 5.91. The molecule has 0 aliphatic heterocycles. The topological polar surface area (TPSA) is 12.0 Å². The first-order valence-electron chi connectivity index (χ1n) is 8.23. The van der Waals surface area contributed by atoms with Gasteiger partial charge in [-0.3, -0.25) is 0 Å². The van der Waals surface area contributed by atoms with Gasteiger partial charge in [-0.1, -0.05) is 91.0 Å². The van der Waals surface area contributed by atoms with Crippen molar-refractivity contribution in [2.24, 2.45) is 0 Å². The average Bonchev–Trinajstić information content (AvgIpc) is 2.64. The molecule has 0 aliphatic carbocycles. The summed E-state index contributed by atoms with van der Waals surface area (Å²) in [5.41, 5.74) is 4.03. The summed E-state index contributed by atoms with van der Waals surface area (Å²) >= 11 is 0. The number of hydrogen-bond donors (Lipinski definition) is 1. The van der Waals surface area contributed by atoms with Crippen LogP contribution in [0.1, 0.15) is 35.6 Å². The van der Waals surface area contributed by atoms with E-state index < -0.39 is 0 Å². The summed E-state index contributed by atoms with van der Waals surface area (Å²) in [5.74, 6) is 0.364. The highest BCUT2D eigenvalue weighted by Gasteiger charge is 2.15. The van der Waals surface area contributed by atoms with Gasteiger partial charge >= 0.3 is 0 Å². The van der Waals surface area contributed by atoms with Gasteiger partial charge in [0, 0.05) is 18.5 Å². The average molecular weight is 301 g/mol. The van der Waals surface area contributed by atoms with Gasteiger partial charge < -0.3 is 5.32 Å². The van der Waals surface area contributed by atoms with E-state index in [1.807, 2.05) is 0 Å². The lowest BCUT2D eigenvalue weighted by molar-refractivity contribution is 0.549. The molecule has 0 heterocycles. The van der Waals surface area contributed by atoms with Crippen LogP contribution in [0.2, 0.25) is 0 Å². The van der Waals surface area contributed by atoms with Crippen LogP contribution >= 0.6 is 0 Å². The fourth-order valence-corrected chi connectivity index (χ4v) is 2.95. The third-order valence-corrected chi connectivity index (χ3v) is 4.33. The molecule has 0 amide bonds. The first-order valence-corrected chi connectivity index (χ1v) is 8.23. The molecule has 1 heteroatoms. The van der Waals surface area contributed by atoms with Gasteiger partial charge in [0.15, 0.2) is 0 Å². The smallest absolute Gasteiger partial charge is 0.0292 e. The highest BCUT2D eigenvalue weighted by molar-refractivity contribution is 5.33. The zero-order valence-electron chi connectivity index (χ0n) is 13.5. The van der Waals surface area contributed by atoms with E-state index in [1.165, 1.54) is 16.7 Å². The van der Waals surface area contributed by atoms with Crippen LogP contribution in [-0.4, -0.2) is 6.54 Å². The lowest BCUT2D eigenvalue weighted by atomic mass is 9.91. The molecule has 0 aromatic heterocycles. The molecule has 0 saturated heterocycles. The summed E-state index contributed by atoms with van der Waals surface area (Å²) < 4.78 is 0. The molecule has 3 aromatic rings. The van der Waals surface area contributed by atoms with Crippen molar-refractivity contribution in [2.75, 3.05) is 6.54 Å². The molecule has 3 aromatic carbocycles. The maximum absolute atomic E-state index is 3.70. The summed E-state index contributed by atoms with van der Waals surface area (Å²) in [5, 5.41) is 3.70. The quantitative estimate of drug-likeness (QED) is 0.662. The lowest BCUT2D eigenvalue weighted by Gasteiger charge is -2.22. The second-order valence-electron chi connectivity index (χ2n) is 5.91. The molecule has 1 N–H and O–H groups in total. The standard InChI is InChI=1S/C22H23N/c1-18(19-11-5-2-6-12-19)23-17-22(20-13-7-3-8-14-20)21-15-9-4-10-16-21/h2-16,18,22-23H,17H2,1H3. The van der Waals surface area contributed by atoms with Crippen molar-refractivity contribution >= 4 is 0 Å². The molecule has 116 valence electrons. The minimum Gasteiger partial charge on any atom is -0.309 e. The highest BCUT2D eigenvalue weighted by Crippen LogP contribution is 2.24. The molecule has 0 bridgehead atoms. The first kappa shape index (κ1) is 15.5. The zero-order valence-corrected chi connectivity index (χ0v) is 13.5. The first-order chi connectivity index (χ1) is 11.3. The van der Waals surface area contributed by atoms with Gasteiger partial charge in [0.2, 0.25) is 0 Å². The van der Waals surface area contributed by atoms with Crippen LogP contribution in [0.15, 0.2) is 91.0 Å². The largest absolute Gasteiger partial charge is 0.309 e. The Balaban J connectivity index is 1.77. The molecular weight excluding hydrogens is 278 g/mol. The monoisotopic (exact) mass is 301 g/mol. The normalized spacial score (nSPS) is 12.3. The summed E-state index contributed by atoms with van der Waals surface area (Å²) in [6, 6.07) is 32.4. The Morgan fingerprint density at radius 1 is 0.609 bits per heavy atom. The molecular formula is C22H23N. The molecule has 0 fully saturated rings. The van der Waals surface area contributed by atoms with Crippen molar-refractivity contribution in [3.8, 4) is 0 Å². The van der Waals surface area contributed by atoms with E-state index >= 15 is 0 Å². The summed E-state index contributed by atoms with van der Waals surface area (Å²) in [4.78, 5) is 0. The van der Waals surface area contributed by atoms with Gasteiger partial charge in [-0.05, 0) is 23.6 Å². The van der Waals surface area contributed by atoms with Crippen LogP contribution in [-0.2, 0) is 0 Å². The molecule has 23 heavy (non-hydrogen) atoms. The van der Waals surface area contributed by atoms with E-state index in [0.717, 1.165) is 6.54 Å². The van der Waals surface area contributed by atoms with Crippen LogP contribution in [0.25, 0.3) is 0 Å². The molecule has 3 rings (SSSR count). The Labute approximate surface area is 139 Å². The van der Waals surface area contributed by atoms with Crippen LogP contribution in [0.3, 0.4) is 0 Å². The Morgan fingerprint density at radius 2 is 1.00 bits per heavy atom. The van der Waals surface area contributed by atoms with Crippen molar-refractivity contribution < 1.29 is 0 Å². The van der Waals surface area contributed by atoms with Crippen LogP contribution in [0.4, 0.5) is 0 Å². The second kappa shape index (κ2) is 7.75. The number of rotatable bonds is 6. The van der Waals surface area contributed by atoms with E-state index in [9.17, 15) is 0 Å². The maximum atomic E-state index is 3.70. The maximum Gasteiger partial charge on any atom is 0.0292 e. The van der Waals surface area contributed by atoms with Crippen LogP contribution < -0.4 is 5.32 Å². The third-order valence-electron chi connectivity index (χ3n) is 4.33. The SMILES string of the molecule is CC(NCC(c1ccccc1)c1ccccc1)c1ccccc1. The van der Waals surface area contributed by atoms with Gasteiger partial charge in [-0.2, -0.15) is 0 Å². The lowest BCUT2D eigenvalue weighted by Crippen LogP contribution is -2.25. The van der Waals surface area contributed by atoms with Crippen LogP contribution in [0.5, 0.6) is 0 Å². The molecule has 0 aliphatic rings. The molecule has 0 saturated carbocycles. The van der Waals surface area contributed by atoms with Crippen LogP contribution in [0, 0.1) is 0 Å². The van der Waals surface area contributed by atoms with E-state index in [2.05, 4.69) is 103 Å². The summed E-state index contributed by atoms with van der Waals surface area (Å²) in [7, 11) is 0. The van der Waals surface area contributed by atoms with E-state index in [0.29, 0.717) is 12.0 Å². The Morgan fingerprint density at radius 3 is 1.43 bits per heavy atom. The minimum atomic E-state index is 0.339. The molecule has 1 atom stereocenters. The number of hydrogen-bond acceptors (Lipinski definition) is 1. The van der Waals surface area contributed by atoms with Crippen molar-refractivity contribution in [3.05, 3.63) is 108 Å². The fraction of sp³-hybridized carbons (Fsp3) is 0.182. The van der Waals surface area contributed by atoms with Gasteiger partial charge in [0.25, 0.3) is 0 Å². The van der Waals surface area contributed by atoms with Crippen molar-refractivity contribution in [1.29, 1.82) is 0 Å². The summed E-state index contributed by atoms with van der Waals surface area (Å²) in [6.45, 7) is 3.15. The predicted octanol–water partition coefficient (Wildman–Crippen LogP) is 5.17. The minimum absolute atomic E-state index is 0.339.